The second-order valence-corrected chi connectivity index (χ2v) is 7.42. The van der Waals surface area contributed by atoms with Crippen molar-refractivity contribution in [2.45, 2.75) is 45.1 Å². The molecule has 3 heterocycles. The molecular formula is C18H19F4N7O. The zero-order valence-electron chi connectivity index (χ0n) is 16.0. The molecule has 4 rings (SSSR count). The third-order valence-electron chi connectivity index (χ3n) is 5.09. The van der Waals surface area contributed by atoms with E-state index in [1.807, 2.05) is 0 Å². The zero-order valence-corrected chi connectivity index (χ0v) is 16.0. The SMILES string of the molecule is Cc1cc(F)c2c(CC(N)CC(=O)N3CCn4c(nnc4C(F)(F)F)C3)[nH]nc2c1. The van der Waals surface area contributed by atoms with Crippen LogP contribution < -0.4 is 5.73 Å². The number of aromatic amines is 1. The number of rotatable bonds is 4. The fraction of sp³-hybridized carbons (Fsp3) is 0.444. The average molecular weight is 425 g/mol. The van der Waals surface area contributed by atoms with Crippen LogP contribution in [-0.2, 0) is 30.5 Å². The molecule has 3 N–H and O–H groups in total. The Morgan fingerprint density at radius 1 is 1.30 bits per heavy atom. The summed E-state index contributed by atoms with van der Waals surface area (Å²) in [6.45, 7) is 1.74. The standard InChI is InChI=1S/C18H19F4N7O/c1-9-4-11(19)16-12(5-9)24-25-13(16)6-10(23)7-15(30)28-2-3-29-14(8-28)26-27-17(29)18(20,21)22/h4-5,10H,2-3,6-8,23H2,1H3,(H,24,25). The molecular weight excluding hydrogens is 406 g/mol. The van der Waals surface area contributed by atoms with Gasteiger partial charge in [0.25, 0.3) is 0 Å². The van der Waals surface area contributed by atoms with Gasteiger partial charge in [-0.05, 0) is 24.6 Å². The van der Waals surface area contributed by atoms with Crippen molar-refractivity contribution in [1.82, 2.24) is 29.9 Å². The van der Waals surface area contributed by atoms with Crippen molar-refractivity contribution >= 4 is 16.8 Å². The van der Waals surface area contributed by atoms with Gasteiger partial charge >= 0.3 is 6.18 Å². The number of nitrogens with two attached hydrogens (primary N) is 1. The van der Waals surface area contributed by atoms with Crippen molar-refractivity contribution in [3.8, 4) is 0 Å². The van der Waals surface area contributed by atoms with Gasteiger partial charge < -0.3 is 15.2 Å². The second-order valence-electron chi connectivity index (χ2n) is 7.42. The number of H-pyrrole nitrogens is 1. The van der Waals surface area contributed by atoms with E-state index >= 15 is 0 Å². The molecule has 0 saturated carbocycles. The first kappa shape index (κ1) is 20.3. The highest BCUT2D eigenvalue weighted by molar-refractivity contribution is 5.83. The van der Waals surface area contributed by atoms with E-state index < -0.39 is 23.9 Å². The Labute approximate surface area is 168 Å². The highest BCUT2D eigenvalue weighted by Gasteiger charge is 2.40. The summed E-state index contributed by atoms with van der Waals surface area (Å²) in [5.74, 6) is -1.72. The van der Waals surface area contributed by atoms with E-state index in [9.17, 15) is 22.4 Å². The lowest BCUT2D eigenvalue weighted by molar-refractivity contribution is -0.148. The predicted molar refractivity (Wildman–Crippen MR) is 97.5 cm³/mol. The number of aromatic nitrogens is 5. The second kappa shape index (κ2) is 7.35. The van der Waals surface area contributed by atoms with Gasteiger partial charge in [-0.1, -0.05) is 0 Å². The molecule has 1 unspecified atom stereocenters. The van der Waals surface area contributed by atoms with Crippen LogP contribution in [-0.4, -0.2) is 48.4 Å². The van der Waals surface area contributed by atoms with E-state index in [1.165, 1.54) is 11.0 Å². The molecule has 0 fully saturated rings. The lowest BCUT2D eigenvalue weighted by Gasteiger charge is -2.29. The number of hydrogen-bond donors (Lipinski definition) is 2. The number of benzene rings is 1. The van der Waals surface area contributed by atoms with Crippen LogP contribution in [0.4, 0.5) is 17.6 Å². The van der Waals surface area contributed by atoms with E-state index in [4.69, 9.17) is 5.73 Å². The van der Waals surface area contributed by atoms with Crippen molar-refractivity contribution in [3.63, 3.8) is 0 Å². The van der Waals surface area contributed by atoms with Gasteiger partial charge in [-0.3, -0.25) is 9.89 Å². The molecule has 0 spiro atoms. The fourth-order valence-electron chi connectivity index (χ4n) is 3.71. The first-order chi connectivity index (χ1) is 14.1. The third-order valence-corrected chi connectivity index (χ3v) is 5.09. The summed E-state index contributed by atoms with van der Waals surface area (Å²) >= 11 is 0. The Bertz CT molecular complexity index is 1100. The van der Waals surface area contributed by atoms with Gasteiger partial charge in [0.15, 0.2) is 5.82 Å². The number of nitrogens with one attached hydrogen (secondary N) is 1. The molecule has 1 aliphatic rings. The molecule has 0 aliphatic carbocycles. The van der Waals surface area contributed by atoms with Gasteiger partial charge in [0.1, 0.15) is 5.82 Å². The van der Waals surface area contributed by atoms with Crippen LogP contribution >= 0.6 is 0 Å². The van der Waals surface area contributed by atoms with Gasteiger partial charge in [-0.2, -0.15) is 18.3 Å². The molecule has 1 atom stereocenters. The number of halogens is 4. The van der Waals surface area contributed by atoms with Crippen LogP contribution in [0.25, 0.3) is 10.9 Å². The van der Waals surface area contributed by atoms with E-state index in [2.05, 4.69) is 20.4 Å². The smallest absolute Gasteiger partial charge is 0.333 e. The first-order valence-corrected chi connectivity index (χ1v) is 9.29. The molecule has 30 heavy (non-hydrogen) atoms. The van der Waals surface area contributed by atoms with Crippen LogP contribution in [0, 0.1) is 12.7 Å². The molecule has 2 aromatic heterocycles. The molecule has 8 nitrogen and oxygen atoms in total. The molecule has 1 amide bonds. The molecule has 1 aliphatic heterocycles. The van der Waals surface area contributed by atoms with Crippen LogP contribution in [0.1, 0.15) is 29.3 Å². The van der Waals surface area contributed by atoms with Gasteiger partial charge in [-0.15, -0.1) is 10.2 Å². The maximum absolute atomic E-state index is 14.3. The third kappa shape index (κ3) is 3.74. The van der Waals surface area contributed by atoms with Crippen molar-refractivity contribution in [3.05, 3.63) is 40.9 Å². The number of nitrogens with zero attached hydrogens (tertiary/aromatic N) is 5. The monoisotopic (exact) mass is 425 g/mol. The summed E-state index contributed by atoms with van der Waals surface area (Å²) in [7, 11) is 0. The van der Waals surface area contributed by atoms with Crippen LogP contribution in [0.5, 0.6) is 0 Å². The number of hydrogen-bond acceptors (Lipinski definition) is 5. The van der Waals surface area contributed by atoms with Gasteiger partial charge in [-0.25, -0.2) is 4.39 Å². The molecule has 0 saturated heterocycles. The van der Waals surface area contributed by atoms with Crippen molar-refractivity contribution < 1.29 is 22.4 Å². The summed E-state index contributed by atoms with van der Waals surface area (Å²) in [6, 6.07) is 2.53. The molecule has 0 radical (unpaired) electrons. The van der Waals surface area contributed by atoms with E-state index in [0.717, 1.165) is 10.1 Å². The van der Waals surface area contributed by atoms with Gasteiger partial charge in [0.05, 0.1) is 17.4 Å². The van der Waals surface area contributed by atoms with Gasteiger partial charge in [0, 0.05) is 37.7 Å². The minimum atomic E-state index is -4.60. The fourth-order valence-corrected chi connectivity index (χ4v) is 3.71. The highest BCUT2D eigenvalue weighted by atomic mass is 19.4. The maximum Gasteiger partial charge on any atom is 0.451 e. The molecule has 160 valence electrons. The lowest BCUT2D eigenvalue weighted by Crippen LogP contribution is -2.42. The molecule has 1 aromatic carbocycles. The van der Waals surface area contributed by atoms with Crippen molar-refractivity contribution in [1.29, 1.82) is 0 Å². The number of carbonyl (C=O) groups is 1. The minimum Gasteiger partial charge on any atom is -0.333 e. The average Bonchev–Trinajstić information content (AvgIpc) is 3.24. The summed E-state index contributed by atoms with van der Waals surface area (Å²) in [5.41, 5.74) is 7.82. The highest BCUT2D eigenvalue weighted by Crippen LogP contribution is 2.29. The van der Waals surface area contributed by atoms with E-state index in [-0.39, 0.29) is 44.2 Å². The normalized spacial score (nSPS) is 15.5. The Kier molecular flexibility index (Phi) is 4.96. The Morgan fingerprint density at radius 3 is 2.80 bits per heavy atom. The van der Waals surface area contributed by atoms with E-state index in [0.29, 0.717) is 16.6 Å². The van der Waals surface area contributed by atoms with Crippen LogP contribution in [0.3, 0.4) is 0 Å². The van der Waals surface area contributed by atoms with Crippen molar-refractivity contribution in [2.75, 3.05) is 6.54 Å². The summed E-state index contributed by atoms with van der Waals surface area (Å²) in [6.07, 6.45) is -4.45. The quantitative estimate of drug-likeness (QED) is 0.622. The molecule has 3 aromatic rings. The Morgan fingerprint density at radius 2 is 2.07 bits per heavy atom. The number of alkyl halides is 3. The lowest BCUT2D eigenvalue weighted by atomic mass is 10.0. The number of fused-ring (bicyclic) bond motifs is 2. The van der Waals surface area contributed by atoms with Crippen LogP contribution in [0.2, 0.25) is 0 Å². The summed E-state index contributed by atoms with van der Waals surface area (Å²) in [5, 5.41) is 14.0. The molecule has 0 bridgehead atoms. The number of aryl methyl sites for hydroxylation is 1. The maximum atomic E-state index is 14.3. The zero-order chi connectivity index (χ0) is 21.6. The molecule has 12 heteroatoms. The first-order valence-electron chi connectivity index (χ1n) is 9.29. The summed E-state index contributed by atoms with van der Waals surface area (Å²) < 4.78 is 54.0. The largest absolute Gasteiger partial charge is 0.451 e. The van der Waals surface area contributed by atoms with Crippen molar-refractivity contribution in [2.24, 2.45) is 5.73 Å². The van der Waals surface area contributed by atoms with E-state index in [1.54, 1.807) is 13.0 Å². The van der Waals surface area contributed by atoms with Gasteiger partial charge in [0.2, 0.25) is 11.7 Å². The Balaban J connectivity index is 1.42. The van der Waals surface area contributed by atoms with Crippen LogP contribution in [0.15, 0.2) is 12.1 Å². The predicted octanol–water partition coefficient (Wildman–Crippen LogP) is 1.92. The Hall–Kier alpha value is -3.02. The summed E-state index contributed by atoms with van der Waals surface area (Å²) in [4.78, 5) is 14.0. The topological polar surface area (TPSA) is 106 Å². The minimum absolute atomic E-state index is 0.0474. The number of amides is 1. The number of carbonyl (C=O) groups excluding carboxylic acids is 1.